The zero-order valence-electron chi connectivity index (χ0n) is 19.6. The van der Waals surface area contributed by atoms with Gasteiger partial charge in [-0.15, -0.1) is 0 Å². The molecule has 34 heavy (non-hydrogen) atoms. The van der Waals surface area contributed by atoms with E-state index in [1.165, 1.54) is 11.8 Å². The summed E-state index contributed by atoms with van der Waals surface area (Å²) < 4.78 is 11.7. The zero-order valence-corrected chi connectivity index (χ0v) is 19.6. The van der Waals surface area contributed by atoms with Gasteiger partial charge in [-0.3, -0.25) is 9.59 Å². The number of benzene rings is 3. The van der Waals surface area contributed by atoms with Crippen LogP contribution in [0, 0.1) is 6.92 Å². The molecule has 3 aromatic rings. The van der Waals surface area contributed by atoms with Crippen LogP contribution in [0.3, 0.4) is 0 Å². The van der Waals surface area contributed by atoms with Crippen LogP contribution in [0.1, 0.15) is 40.9 Å². The summed E-state index contributed by atoms with van der Waals surface area (Å²) in [6, 6.07) is 21.5. The smallest absolute Gasteiger partial charge is 0.262 e. The summed E-state index contributed by atoms with van der Waals surface area (Å²) in [7, 11) is 0. The van der Waals surface area contributed by atoms with E-state index in [9.17, 15) is 9.59 Å². The molecule has 0 spiro atoms. The second-order valence-electron chi connectivity index (χ2n) is 7.71. The molecule has 7 heteroatoms. The third-order valence-corrected chi connectivity index (χ3v) is 4.95. The highest BCUT2D eigenvalue weighted by atomic mass is 16.5. The van der Waals surface area contributed by atoms with Crippen molar-refractivity contribution in [1.82, 2.24) is 10.7 Å². The third kappa shape index (κ3) is 7.20. The van der Waals surface area contributed by atoms with Crippen molar-refractivity contribution in [1.29, 1.82) is 0 Å². The zero-order chi connectivity index (χ0) is 24.3. The summed E-state index contributed by atoms with van der Waals surface area (Å²) in [6.45, 7) is 6.45. The van der Waals surface area contributed by atoms with Crippen molar-refractivity contribution in [3.63, 3.8) is 0 Å². The molecule has 1 atom stereocenters. The minimum absolute atomic E-state index is 0.324. The average molecular weight is 460 g/mol. The summed E-state index contributed by atoms with van der Waals surface area (Å²) in [6.07, 6.45) is 1.51. The Balaban J connectivity index is 1.56. The molecule has 0 heterocycles. The fraction of sp³-hybridized carbons (Fsp3) is 0.222. The molecule has 0 unspecified atom stereocenters. The lowest BCUT2D eigenvalue weighted by atomic mass is 10.2. The van der Waals surface area contributed by atoms with Crippen LogP contribution < -0.4 is 20.2 Å². The fourth-order valence-corrected chi connectivity index (χ4v) is 3.04. The van der Waals surface area contributed by atoms with Gasteiger partial charge in [0, 0.05) is 5.56 Å². The Morgan fingerprint density at radius 2 is 1.71 bits per heavy atom. The number of amides is 2. The maximum absolute atomic E-state index is 12.3. The molecule has 7 nitrogen and oxygen atoms in total. The van der Waals surface area contributed by atoms with Crippen LogP contribution in [0.4, 0.5) is 0 Å². The lowest BCUT2D eigenvalue weighted by molar-refractivity contribution is -0.122. The number of carbonyl (C=O) groups is 2. The minimum Gasteiger partial charge on any atom is -0.490 e. The van der Waals surface area contributed by atoms with Crippen LogP contribution in [0.5, 0.6) is 11.5 Å². The fourth-order valence-electron chi connectivity index (χ4n) is 3.04. The maximum Gasteiger partial charge on any atom is 0.262 e. The van der Waals surface area contributed by atoms with E-state index >= 15 is 0 Å². The van der Waals surface area contributed by atoms with Gasteiger partial charge in [0.2, 0.25) is 0 Å². The Morgan fingerprint density at radius 1 is 0.971 bits per heavy atom. The molecule has 2 N–H and O–H groups in total. The van der Waals surface area contributed by atoms with Crippen LogP contribution in [-0.4, -0.2) is 30.7 Å². The van der Waals surface area contributed by atoms with Gasteiger partial charge in [-0.25, -0.2) is 5.43 Å². The average Bonchev–Trinajstić information content (AvgIpc) is 2.85. The van der Waals surface area contributed by atoms with Gasteiger partial charge < -0.3 is 14.8 Å². The number of nitrogens with one attached hydrogen (secondary N) is 2. The first kappa shape index (κ1) is 24.5. The molecular formula is C27H29N3O4. The van der Waals surface area contributed by atoms with Gasteiger partial charge in [0.1, 0.15) is 12.6 Å². The minimum atomic E-state index is -0.749. The van der Waals surface area contributed by atoms with Crippen molar-refractivity contribution in [3.8, 4) is 11.5 Å². The van der Waals surface area contributed by atoms with Crippen LogP contribution in [0.25, 0.3) is 0 Å². The first-order valence-corrected chi connectivity index (χ1v) is 11.1. The van der Waals surface area contributed by atoms with E-state index in [0.29, 0.717) is 30.3 Å². The lowest BCUT2D eigenvalue weighted by Crippen LogP contribution is -2.43. The van der Waals surface area contributed by atoms with Crippen molar-refractivity contribution in [3.05, 3.63) is 95.1 Å². The Morgan fingerprint density at radius 3 is 2.41 bits per heavy atom. The van der Waals surface area contributed by atoms with Crippen molar-refractivity contribution in [2.24, 2.45) is 5.10 Å². The number of rotatable bonds is 10. The molecule has 0 aliphatic heterocycles. The summed E-state index contributed by atoms with van der Waals surface area (Å²) in [4.78, 5) is 24.5. The van der Waals surface area contributed by atoms with Gasteiger partial charge >= 0.3 is 0 Å². The van der Waals surface area contributed by atoms with Gasteiger partial charge in [0.05, 0.1) is 12.8 Å². The molecule has 2 amide bonds. The number of carbonyl (C=O) groups excluding carboxylic acids is 2. The topological polar surface area (TPSA) is 89.0 Å². The van der Waals surface area contributed by atoms with Crippen molar-refractivity contribution in [2.45, 2.75) is 33.4 Å². The summed E-state index contributed by atoms with van der Waals surface area (Å²) in [5.74, 6) is 0.465. The maximum atomic E-state index is 12.3. The van der Waals surface area contributed by atoms with E-state index in [1.807, 2.05) is 56.3 Å². The second kappa shape index (κ2) is 12.2. The Labute approximate surface area is 199 Å². The number of nitrogens with zero attached hydrogens (tertiary/aromatic N) is 1. The van der Waals surface area contributed by atoms with Gasteiger partial charge in [0.25, 0.3) is 11.8 Å². The molecule has 0 radical (unpaired) electrons. The van der Waals surface area contributed by atoms with Crippen molar-refractivity contribution < 1.29 is 19.1 Å². The van der Waals surface area contributed by atoms with Crippen molar-refractivity contribution >= 4 is 18.0 Å². The monoisotopic (exact) mass is 459 g/mol. The molecule has 0 saturated carbocycles. The predicted molar refractivity (Wildman–Crippen MR) is 132 cm³/mol. The second-order valence-corrected chi connectivity index (χ2v) is 7.71. The highest BCUT2D eigenvalue weighted by molar-refractivity contribution is 5.97. The van der Waals surface area contributed by atoms with Gasteiger partial charge in [-0.05, 0) is 62.2 Å². The largest absolute Gasteiger partial charge is 0.490 e. The number of aryl methyl sites for hydroxylation is 1. The van der Waals surface area contributed by atoms with Crippen LogP contribution in [0.2, 0.25) is 0 Å². The molecule has 0 aliphatic carbocycles. The molecule has 0 bridgehead atoms. The molecule has 0 fully saturated rings. The SMILES string of the molecule is CCOc1cc(/C=N\NC(=O)[C@@H](C)NC(=O)c2ccccc2)ccc1OCc1ccc(C)cc1. The Hall–Kier alpha value is -4.13. The van der Waals surface area contributed by atoms with E-state index in [1.54, 1.807) is 37.3 Å². The highest BCUT2D eigenvalue weighted by Gasteiger charge is 2.16. The third-order valence-electron chi connectivity index (χ3n) is 4.95. The number of ether oxygens (including phenoxy) is 2. The number of hydrazone groups is 1. The van der Waals surface area contributed by atoms with E-state index in [0.717, 1.165) is 11.1 Å². The van der Waals surface area contributed by atoms with Crippen LogP contribution in [-0.2, 0) is 11.4 Å². The predicted octanol–water partition coefficient (Wildman–Crippen LogP) is 4.24. The van der Waals surface area contributed by atoms with E-state index in [4.69, 9.17) is 9.47 Å². The van der Waals surface area contributed by atoms with Gasteiger partial charge in [-0.1, -0.05) is 48.0 Å². The highest BCUT2D eigenvalue weighted by Crippen LogP contribution is 2.29. The summed E-state index contributed by atoms with van der Waals surface area (Å²) in [5.41, 5.74) is 5.92. The molecule has 3 aromatic carbocycles. The summed E-state index contributed by atoms with van der Waals surface area (Å²) >= 11 is 0. The Bertz CT molecular complexity index is 1130. The van der Waals surface area contributed by atoms with E-state index in [2.05, 4.69) is 15.8 Å². The lowest BCUT2D eigenvalue weighted by Gasteiger charge is -2.13. The van der Waals surface area contributed by atoms with Gasteiger partial charge in [0.15, 0.2) is 11.5 Å². The molecule has 176 valence electrons. The van der Waals surface area contributed by atoms with E-state index < -0.39 is 11.9 Å². The number of hydrogen-bond acceptors (Lipinski definition) is 5. The molecule has 0 aliphatic rings. The molecule has 3 rings (SSSR count). The quantitative estimate of drug-likeness (QED) is 0.351. The Kier molecular flexibility index (Phi) is 8.80. The van der Waals surface area contributed by atoms with Crippen LogP contribution >= 0.6 is 0 Å². The van der Waals surface area contributed by atoms with Crippen molar-refractivity contribution in [2.75, 3.05) is 6.61 Å². The van der Waals surface area contributed by atoms with E-state index in [-0.39, 0.29) is 5.91 Å². The number of hydrogen-bond donors (Lipinski definition) is 2. The standard InChI is InChI=1S/C27H29N3O4/c1-4-33-25-16-22(14-15-24(25)34-18-21-12-10-19(2)11-13-21)17-28-30-26(31)20(3)29-27(32)23-8-6-5-7-9-23/h5-17,20H,4,18H2,1-3H3,(H,29,32)(H,30,31)/b28-17-/t20-/m1/s1. The first-order valence-electron chi connectivity index (χ1n) is 11.1. The molecule has 0 aromatic heterocycles. The van der Waals surface area contributed by atoms with Gasteiger partial charge in [-0.2, -0.15) is 5.10 Å². The normalized spacial score (nSPS) is 11.6. The first-order chi connectivity index (χ1) is 16.5. The van der Waals surface area contributed by atoms with Crippen LogP contribution in [0.15, 0.2) is 77.9 Å². The molecular weight excluding hydrogens is 430 g/mol. The molecule has 0 saturated heterocycles. The summed E-state index contributed by atoms with van der Waals surface area (Å²) in [5, 5.41) is 6.65.